The number of amides is 2. The van der Waals surface area contributed by atoms with E-state index in [-0.39, 0.29) is 21.8 Å². The Morgan fingerprint density at radius 1 is 1.35 bits per heavy atom. The Hall–Kier alpha value is -2.74. The Bertz CT molecular complexity index is 932. The number of carboxylic acids is 1. The van der Waals surface area contributed by atoms with E-state index in [4.69, 9.17) is 17.3 Å². The summed E-state index contributed by atoms with van der Waals surface area (Å²) >= 11 is 5.85. The molecule has 1 aromatic carbocycles. The van der Waals surface area contributed by atoms with Gasteiger partial charge in [-0.1, -0.05) is 25.4 Å². The van der Waals surface area contributed by atoms with Gasteiger partial charge in [-0.3, -0.25) is 9.59 Å². The number of rotatable bonds is 5. The van der Waals surface area contributed by atoms with Gasteiger partial charge in [0.1, 0.15) is 17.1 Å². The van der Waals surface area contributed by atoms with E-state index in [9.17, 15) is 23.9 Å². The maximum atomic E-state index is 13.6. The van der Waals surface area contributed by atoms with Gasteiger partial charge in [0, 0.05) is 5.39 Å². The molecule has 0 radical (unpaired) electrons. The number of carboxylic acid groups (broad SMARTS) is 1. The first kappa shape index (κ1) is 19.6. The van der Waals surface area contributed by atoms with Crippen molar-refractivity contribution in [2.45, 2.75) is 26.3 Å². The molecule has 1 heterocycles. The number of primary amides is 1. The molecule has 138 valence electrons. The van der Waals surface area contributed by atoms with Gasteiger partial charge in [-0.25, -0.2) is 14.2 Å². The lowest BCUT2D eigenvalue weighted by atomic mass is 9.87. The van der Waals surface area contributed by atoms with E-state index < -0.39 is 40.4 Å². The second kappa shape index (κ2) is 6.87. The summed E-state index contributed by atoms with van der Waals surface area (Å²) in [6.07, 6.45) is 0. The van der Waals surface area contributed by atoms with Crippen LogP contribution in [0.4, 0.5) is 4.39 Å². The number of benzene rings is 1. The molecule has 2 aromatic rings. The quantitative estimate of drug-likeness (QED) is 0.733. The minimum Gasteiger partial charge on any atom is -0.478 e. The number of halogens is 2. The summed E-state index contributed by atoms with van der Waals surface area (Å²) in [5.41, 5.74) is 3.19. The van der Waals surface area contributed by atoms with Crippen molar-refractivity contribution >= 4 is 40.3 Å². The minimum atomic E-state index is -1.45. The van der Waals surface area contributed by atoms with E-state index >= 15 is 0 Å². The topological polar surface area (TPSA) is 122 Å². The molecular formula is C17H17ClFN3O4. The van der Waals surface area contributed by atoms with E-state index in [0.29, 0.717) is 0 Å². The molecule has 9 heteroatoms. The van der Waals surface area contributed by atoms with E-state index in [1.165, 1.54) is 13.0 Å². The van der Waals surface area contributed by atoms with Crippen LogP contribution in [-0.4, -0.2) is 33.4 Å². The number of nitrogens with zero attached hydrogens (tertiary/aromatic N) is 1. The molecule has 0 fully saturated rings. The van der Waals surface area contributed by atoms with Gasteiger partial charge in [0.2, 0.25) is 5.91 Å². The van der Waals surface area contributed by atoms with Gasteiger partial charge in [0.25, 0.3) is 5.91 Å². The fraction of sp³-hybridized carbons (Fsp3) is 0.294. The van der Waals surface area contributed by atoms with Crippen molar-refractivity contribution in [3.8, 4) is 0 Å². The summed E-state index contributed by atoms with van der Waals surface area (Å²) in [4.78, 5) is 39.9. The highest BCUT2D eigenvalue weighted by molar-refractivity contribution is 6.35. The average Bonchev–Trinajstić information content (AvgIpc) is 2.56. The molecule has 7 nitrogen and oxygen atoms in total. The predicted octanol–water partition coefficient (Wildman–Crippen LogP) is 2.36. The monoisotopic (exact) mass is 381 g/mol. The van der Waals surface area contributed by atoms with Crippen LogP contribution in [0, 0.1) is 11.7 Å². The fourth-order valence-electron chi connectivity index (χ4n) is 2.31. The third-order valence-corrected chi connectivity index (χ3v) is 4.76. The molecule has 0 saturated heterocycles. The lowest BCUT2D eigenvalue weighted by Crippen LogP contribution is -2.58. The molecule has 4 N–H and O–H groups in total. The number of aromatic nitrogens is 1. The molecular weight excluding hydrogens is 365 g/mol. The Morgan fingerprint density at radius 3 is 2.46 bits per heavy atom. The van der Waals surface area contributed by atoms with Crippen LogP contribution in [0.3, 0.4) is 0 Å². The van der Waals surface area contributed by atoms with E-state index in [1.54, 1.807) is 13.8 Å². The fourth-order valence-corrected chi connectivity index (χ4v) is 2.52. The lowest BCUT2D eigenvalue weighted by molar-refractivity contribution is -0.125. The van der Waals surface area contributed by atoms with Crippen molar-refractivity contribution in [1.82, 2.24) is 10.3 Å². The third-order valence-electron chi connectivity index (χ3n) is 4.37. The van der Waals surface area contributed by atoms with Gasteiger partial charge in [-0.05, 0) is 31.0 Å². The maximum absolute atomic E-state index is 13.6. The summed E-state index contributed by atoms with van der Waals surface area (Å²) in [5, 5.41) is 11.6. The zero-order valence-electron chi connectivity index (χ0n) is 14.3. The molecule has 2 rings (SSSR count). The highest BCUT2D eigenvalue weighted by Crippen LogP contribution is 2.28. The Kier molecular flexibility index (Phi) is 5.18. The van der Waals surface area contributed by atoms with Crippen LogP contribution >= 0.6 is 11.6 Å². The predicted molar refractivity (Wildman–Crippen MR) is 93.6 cm³/mol. The van der Waals surface area contributed by atoms with Crippen molar-refractivity contribution in [2.24, 2.45) is 11.7 Å². The van der Waals surface area contributed by atoms with Gasteiger partial charge in [-0.2, -0.15) is 0 Å². The number of carbonyl (C=O) groups is 3. The van der Waals surface area contributed by atoms with Gasteiger partial charge in [0.15, 0.2) is 0 Å². The zero-order chi connectivity index (χ0) is 19.8. The molecule has 0 bridgehead atoms. The third kappa shape index (κ3) is 3.32. The Morgan fingerprint density at radius 2 is 1.96 bits per heavy atom. The molecule has 1 unspecified atom stereocenters. The first-order valence-electron chi connectivity index (χ1n) is 7.63. The van der Waals surface area contributed by atoms with E-state index in [2.05, 4.69) is 10.3 Å². The van der Waals surface area contributed by atoms with Crippen molar-refractivity contribution in [3.05, 3.63) is 40.3 Å². The first-order valence-corrected chi connectivity index (χ1v) is 8.01. The van der Waals surface area contributed by atoms with Crippen LogP contribution in [0.1, 0.15) is 41.6 Å². The van der Waals surface area contributed by atoms with Crippen LogP contribution in [0.5, 0.6) is 0 Å². The van der Waals surface area contributed by atoms with Crippen molar-refractivity contribution in [3.63, 3.8) is 0 Å². The highest BCUT2D eigenvalue weighted by atomic mass is 35.5. The van der Waals surface area contributed by atoms with Gasteiger partial charge in [-0.15, -0.1) is 0 Å². The van der Waals surface area contributed by atoms with E-state index in [0.717, 1.165) is 12.1 Å². The summed E-state index contributed by atoms with van der Waals surface area (Å²) < 4.78 is 13.6. The Labute approximate surface area is 153 Å². The average molecular weight is 382 g/mol. The first-order chi connectivity index (χ1) is 12.0. The van der Waals surface area contributed by atoms with Crippen molar-refractivity contribution < 1.29 is 23.9 Å². The molecule has 0 aliphatic heterocycles. The van der Waals surface area contributed by atoms with Crippen LogP contribution < -0.4 is 11.1 Å². The van der Waals surface area contributed by atoms with Crippen molar-refractivity contribution in [2.75, 3.05) is 0 Å². The number of nitrogens with one attached hydrogen (secondary N) is 1. The molecule has 0 aliphatic rings. The number of pyridine rings is 1. The molecule has 2 amide bonds. The van der Waals surface area contributed by atoms with Gasteiger partial charge < -0.3 is 16.2 Å². The van der Waals surface area contributed by atoms with Crippen LogP contribution in [-0.2, 0) is 4.79 Å². The molecule has 0 spiro atoms. The van der Waals surface area contributed by atoms with Crippen LogP contribution in [0.25, 0.3) is 10.9 Å². The van der Waals surface area contributed by atoms with Crippen LogP contribution in [0.15, 0.2) is 18.2 Å². The molecule has 0 saturated carbocycles. The second-order valence-corrected chi connectivity index (χ2v) is 6.67. The Balaban J connectivity index is 2.63. The standard InChI is InChI=1S/C17H17ClFN3O4/c1-7(2)17(3,16(20)26)22-14(23)13-9(15(24)25)6-8-11(21-13)5-4-10(19)12(8)18/h4-7H,1-3H3,(H2,20,26)(H,22,23)(H,24,25). The number of hydrogen-bond acceptors (Lipinski definition) is 4. The number of aromatic carboxylic acids is 1. The zero-order valence-corrected chi connectivity index (χ0v) is 15.0. The minimum absolute atomic E-state index is 0.0575. The summed E-state index contributed by atoms with van der Waals surface area (Å²) in [6.45, 7) is 4.80. The molecule has 1 aromatic heterocycles. The number of fused-ring (bicyclic) bond motifs is 1. The lowest BCUT2D eigenvalue weighted by Gasteiger charge is -2.31. The SMILES string of the molecule is CC(C)C(C)(NC(=O)c1nc2ccc(F)c(Cl)c2cc1C(=O)O)C(N)=O. The molecule has 26 heavy (non-hydrogen) atoms. The normalized spacial score (nSPS) is 13.5. The number of hydrogen-bond donors (Lipinski definition) is 3. The highest BCUT2D eigenvalue weighted by Gasteiger charge is 2.37. The second-order valence-electron chi connectivity index (χ2n) is 6.29. The van der Waals surface area contributed by atoms with Crippen molar-refractivity contribution in [1.29, 1.82) is 0 Å². The summed E-state index contributed by atoms with van der Waals surface area (Å²) in [5.74, 6) is -4.21. The van der Waals surface area contributed by atoms with Crippen LogP contribution in [0.2, 0.25) is 5.02 Å². The molecule has 0 aliphatic carbocycles. The number of nitrogens with two attached hydrogens (primary N) is 1. The largest absolute Gasteiger partial charge is 0.478 e. The maximum Gasteiger partial charge on any atom is 0.338 e. The van der Waals surface area contributed by atoms with Gasteiger partial charge in [0.05, 0.1) is 16.1 Å². The van der Waals surface area contributed by atoms with Gasteiger partial charge >= 0.3 is 5.97 Å². The number of carbonyl (C=O) groups excluding carboxylic acids is 2. The summed E-state index contributed by atoms with van der Waals surface area (Å²) in [6, 6.07) is 3.40. The molecule has 1 atom stereocenters. The summed E-state index contributed by atoms with van der Waals surface area (Å²) in [7, 11) is 0. The smallest absolute Gasteiger partial charge is 0.338 e. The van der Waals surface area contributed by atoms with E-state index in [1.807, 2.05) is 0 Å².